The van der Waals surface area contributed by atoms with Crippen LogP contribution in [0.1, 0.15) is 22.0 Å². The summed E-state index contributed by atoms with van der Waals surface area (Å²) in [6, 6.07) is 19.0. The Bertz CT molecular complexity index is 525. The summed E-state index contributed by atoms with van der Waals surface area (Å²) in [6.45, 7) is 0. The van der Waals surface area contributed by atoms with Crippen LogP contribution in [0.25, 0.3) is 0 Å². The molecule has 2 rings (SSSR count). The molecule has 0 aromatic heterocycles. The molecule has 0 unspecified atom stereocenters. The normalized spacial score (nSPS) is 13.8. The van der Waals surface area contributed by atoms with E-state index in [9.17, 15) is 4.79 Å². The molecule has 0 saturated heterocycles. The monoisotopic (exact) mass is 318 g/mol. The molecule has 2 nitrogen and oxygen atoms in total. The number of hydrogen-bond donors (Lipinski definition) is 0. The molecule has 19 heavy (non-hydrogen) atoms. The third-order valence-electron chi connectivity index (χ3n) is 2.96. The van der Waals surface area contributed by atoms with Gasteiger partial charge in [-0.05, 0) is 5.56 Å². The Morgan fingerprint density at radius 2 is 1.53 bits per heavy atom. The van der Waals surface area contributed by atoms with Crippen LogP contribution in [0.5, 0.6) is 0 Å². The lowest BCUT2D eigenvalue weighted by Gasteiger charge is -2.20. The van der Waals surface area contributed by atoms with E-state index in [2.05, 4.69) is 15.9 Å². The van der Waals surface area contributed by atoms with Crippen molar-refractivity contribution in [1.29, 1.82) is 0 Å². The molecular weight excluding hydrogens is 304 g/mol. The van der Waals surface area contributed by atoms with Crippen LogP contribution in [0, 0.1) is 0 Å². The van der Waals surface area contributed by atoms with Gasteiger partial charge in [0, 0.05) is 12.7 Å². The first kappa shape index (κ1) is 14.0. The Balaban J connectivity index is 2.22. The zero-order chi connectivity index (χ0) is 13.7. The predicted molar refractivity (Wildman–Crippen MR) is 79.7 cm³/mol. The molecule has 0 aliphatic rings. The van der Waals surface area contributed by atoms with Gasteiger partial charge < -0.3 is 4.74 Å². The van der Waals surface area contributed by atoms with Crippen molar-refractivity contribution >= 4 is 21.7 Å². The number of methoxy groups -OCH3 is 1. The van der Waals surface area contributed by atoms with Crippen molar-refractivity contribution in [3.05, 3.63) is 71.8 Å². The maximum absolute atomic E-state index is 12.4. The van der Waals surface area contributed by atoms with E-state index in [4.69, 9.17) is 4.74 Å². The topological polar surface area (TPSA) is 26.3 Å². The zero-order valence-corrected chi connectivity index (χ0v) is 12.2. The summed E-state index contributed by atoms with van der Waals surface area (Å²) in [5, 5.41) is 0. The van der Waals surface area contributed by atoms with Crippen LogP contribution < -0.4 is 0 Å². The Hall–Kier alpha value is -1.45. The number of halogens is 1. The van der Waals surface area contributed by atoms with Crippen molar-refractivity contribution in [2.45, 2.75) is 10.9 Å². The van der Waals surface area contributed by atoms with Gasteiger partial charge in [0.05, 0.1) is 0 Å². The van der Waals surface area contributed by atoms with Gasteiger partial charge >= 0.3 is 0 Å². The van der Waals surface area contributed by atoms with Crippen LogP contribution in [0.4, 0.5) is 0 Å². The van der Waals surface area contributed by atoms with Gasteiger partial charge in [0.2, 0.25) is 0 Å². The second-order valence-electron chi connectivity index (χ2n) is 4.20. The molecule has 98 valence electrons. The largest absolute Gasteiger partial charge is 0.375 e. The second-order valence-corrected chi connectivity index (χ2v) is 5.19. The van der Waals surface area contributed by atoms with Crippen LogP contribution in [0.2, 0.25) is 0 Å². The van der Waals surface area contributed by atoms with E-state index in [1.807, 2.05) is 60.7 Å². The van der Waals surface area contributed by atoms with Gasteiger partial charge in [-0.15, -0.1) is 0 Å². The quantitative estimate of drug-likeness (QED) is 0.614. The van der Waals surface area contributed by atoms with Gasteiger partial charge in [-0.3, -0.25) is 4.79 Å². The molecule has 0 aliphatic heterocycles. The third kappa shape index (κ3) is 3.31. The number of rotatable bonds is 5. The average molecular weight is 319 g/mol. The van der Waals surface area contributed by atoms with Crippen LogP contribution in [0.3, 0.4) is 0 Å². The number of carbonyl (C=O) groups is 1. The van der Waals surface area contributed by atoms with Crippen LogP contribution in [0.15, 0.2) is 60.7 Å². The van der Waals surface area contributed by atoms with E-state index in [1.54, 1.807) is 7.11 Å². The fourth-order valence-corrected chi connectivity index (χ4v) is 2.75. The van der Waals surface area contributed by atoms with Crippen molar-refractivity contribution in [3.8, 4) is 0 Å². The lowest BCUT2D eigenvalue weighted by Crippen LogP contribution is -2.24. The molecule has 2 aromatic carbocycles. The number of alkyl halides is 1. The summed E-state index contributed by atoms with van der Waals surface area (Å²) >= 11 is 3.47. The minimum Gasteiger partial charge on any atom is -0.375 e. The molecule has 3 heteroatoms. The van der Waals surface area contributed by atoms with Gasteiger partial charge in [-0.2, -0.15) is 0 Å². The summed E-state index contributed by atoms with van der Waals surface area (Å²) in [6.07, 6.45) is -0.297. The number of ether oxygens (including phenoxy) is 1. The van der Waals surface area contributed by atoms with Crippen molar-refractivity contribution in [3.63, 3.8) is 0 Å². The van der Waals surface area contributed by atoms with Gasteiger partial charge in [-0.1, -0.05) is 76.6 Å². The summed E-state index contributed by atoms with van der Waals surface area (Å²) in [5.41, 5.74) is 1.67. The van der Waals surface area contributed by atoms with Crippen molar-refractivity contribution < 1.29 is 9.53 Å². The molecule has 0 heterocycles. The summed E-state index contributed by atoms with van der Waals surface area (Å²) < 4.78 is 5.47. The smallest absolute Gasteiger partial charge is 0.179 e. The first-order valence-electron chi connectivity index (χ1n) is 6.05. The molecule has 0 saturated carbocycles. The molecule has 0 amide bonds. The van der Waals surface area contributed by atoms with E-state index >= 15 is 0 Å². The fraction of sp³-hybridized carbons (Fsp3) is 0.188. The summed E-state index contributed by atoms with van der Waals surface area (Å²) in [7, 11) is 1.62. The van der Waals surface area contributed by atoms with Crippen molar-refractivity contribution in [1.82, 2.24) is 0 Å². The second kappa shape index (κ2) is 6.64. The van der Waals surface area contributed by atoms with E-state index in [0.29, 0.717) is 5.56 Å². The zero-order valence-electron chi connectivity index (χ0n) is 10.6. The van der Waals surface area contributed by atoms with Gasteiger partial charge in [0.1, 0.15) is 10.9 Å². The molecule has 2 atom stereocenters. The molecule has 0 N–H and O–H groups in total. The molecular formula is C16H15BrO2. The fourth-order valence-electron chi connectivity index (χ4n) is 1.97. The van der Waals surface area contributed by atoms with E-state index in [-0.39, 0.29) is 11.9 Å². The molecule has 0 bridgehead atoms. The van der Waals surface area contributed by atoms with E-state index in [0.717, 1.165) is 5.56 Å². The lowest BCUT2D eigenvalue weighted by molar-refractivity contribution is 0.0770. The van der Waals surface area contributed by atoms with Crippen LogP contribution in [-0.2, 0) is 4.74 Å². The van der Waals surface area contributed by atoms with Gasteiger partial charge in [0.15, 0.2) is 5.78 Å². The lowest BCUT2D eigenvalue weighted by atomic mass is 10.00. The van der Waals surface area contributed by atoms with Crippen molar-refractivity contribution in [2.75, 3.05) is 7.11 Å². The molecule has 0 radical (unpaired) electrons. The minimum atomic E-state index is -0.401. The Labute approximate surface area is 121 Å². The number of hydrogen-bond acceptors (Lipinski definition) is 2. The van der Waals surface area contributed by atoms with Crippen LogP contribution >= 0.6 is 15.9 Å². The molecule has 2 aromatic rings. The van der Waals surface area contributed by atoms with E-state index in [1.165, 1.54) is 0 Å². The Kier molecular flexibility index (Phi) is 4.88. The van der Waals surface area contributed by atoms with Gasteiger partial charge in [-0.25, -0.2) is 0 Å². The number of benzene rings is 2. The van der Waals surface area contributed by atoms with E-state index < -0.39 is 4.83 Å². The first-order valence-corrected chi connectivity index (χ1v) is 6.96. The maximum atomic E-state index is 12.4. The molecule has 0 spiro atoms. The van der Waals surface area contributed by atoms with Crippen molar-refractivity contribution in [2.24, 2.45) is 0 Å². The SMILES string of the molecule is CO[C@@H](c1ccccc1)[C@@H](Br)C(=O)c1ccccc1. The summed E-state index contributed by atoms with van der Waals surface area (Å²) in [5.74, 6) is 0.0244. The predicted octanol–water partition coefficient (Wildman–Crippen LogP) is 4.02. The third-order valence-corrected chi connectivity index (χ3v) is 3.85. The number of Topliss-reactive ketones (excluding diaryl/α,β-unsaturated/α-hetero) is 1. The summed E-state index contributed by atoms with van der Waals surface area (Å²) in [4.78, 5) is 12.0. The highest BCUT2D eigenvalue weighted by atomic mass is 79.9. The average Bonchev–Trinajstić information content (AvgIpc) is 2.49. The van der Waals surface area contributed by atoms with Crippen LogP contribution in [-0.4, -0.2) is 17.7 Å². The number of ketones is 1. The maximum Gasteiger partial charge on any atom is 0.179 e. The Morgan fingerprint density at radius 3 is 2.05 bits per heavy atom. The first-order chi connectivity index (χ1) is 9.24. The van der Waals surface area contributed by atoms with Gasteiger partial charge in [0.25, 0.3) is 0 Å². The highest BCUT2D eigenvalue weighted by Gasteiger charge is 2.27. The minimum absolute atomic E-state index is 0.0244. The highest BCUT2D eigenvalue weighted by molar-refractivity contribution is 9.10. The highest BCUT2D eigenvalue weighted by Crippen LogP contribution is 2.28. The number of carbonyl (C=O) groups excluding carboxylic acids is 1. The Morgan fingerprint density at radius 1 is 1.00 bits per heavy atom. The standard InChI is InChI=1S/C16H15BrO2/c1-19-16(13-10-6-3-7-11-13)14(17)15(18)12-8-4-2-5-9-12/h2-11,14,16H,1H3/t14-,16-/m0/s1. The molecule has 0 aliphatic carbocycles. The molecule has 0 fully saturated rings.